The molecule has 2 aliphatic heterocycles. The van der Waals surface area contributed by atoms with Crippen molar-refractivity contribution in [3.8, 4) is 0 Å². The molecule has 2 heterocycles. The molecule has 0 aromatic heterocycles. The van der Waals surface area contributed by atoms with Crippen molar-refractivity contribution in [1.29, 1.82) is 0 Å². The maximum absolute atomic E-state index is 12.6. The van der Waals surface area contributed by atoms with Gasteiger partial charge in [0.05, 0.1) is 23.7 Å². The third kappa shape index (κ3) is 3.29. The molecular formula is C34H54O6. The first kappa shape index (κ1) is 28.1. The van der Waals surface area contributed by atoms with Crippen LogP contribution in [-0.4, -0.2) is 52.5 Å². The highest BCUT2D eigenvalue weighted by molar-refractivity contribution is 5.71. The lowest BCUT2D eigenvalue weighted by atomic mass is 9.37. The van der Waals surface area contributed by atoms with Gasteiger partial charge in [0.15, 0.2) is 6.29 Å². The molecule has 40 heavy (non-hydrogen) atoms. The highest BCUT2D eigenvalue weighted by Crippen LogP contribution is 2.91. The van der Waals surface area contributed by atoms with Crippen LogP contribution in [0.5, 0.6) is 0 Å². The fourth-order valence-corrected chi connectivity index (χ4v) is 12.8. The summed E-state index contributed by atoms with van der Waals surface area (Å²) in [5.74, 6) is 1.19. The quantitative estimate of drug-likeness (QED) is 0.332. The van der Waals surface area contributed by atoms with E-state index in [4.69, 9.17) is 14.2 Å². The predicted octanol–water partition coefficient (Wildman–Crippen LogP) is 5.87. The van der Waals surface area contributed by atoms with Crippen molar-refractivity contribution in [1.82, 2.24) is 0 Å². The Morgan fingerprint density at radius 2 is 1.62 bits per heavy atom. The number of aliphatic hydroxyl groups excluding tert-OH is 2. The van der Waals surface area contributed by atoms with Crippen LogP contribution in [0.1, 0.15) is 113 Å². The van der Waals surface area contributed by atoms with Crippen LogP contribution in [0.4, 0.5) is 0 Å². The highest BCUT2D eigenvalue weighted by atomic mass is 16.7. The molecule has 0 amide bonds. The molecule has 0 aromatic carbocycles. The van der Waals surface area contributed by atoms with E-state index < -0.39 is 6.29 Å². The van der Waals surface area contributed by atoms with Crippen LogP contribution in [-0.2, 0) is 19.0 Å². The second kappa shape index (κ2) is 8.27. The number of carbonyl (C=O) groups is 1. The Kier molecular flexibility index (Phi) is 5.81. The van der Waals surface area contributed by atoms with Crippen LogP contribution in [0.25, 0.3) is 0 Å². The molecule has 226 valence electrons. The zero-order valence-corrected chi connectivity index (χ0v) is 26.2. The van der Waals surface area contributed by atoms with Crippen molar-refractivity contribution in [2.45, 2.75) is 149 Å². The summed E-state index contributed by atoms with van der Waals surface area (Å²) in [6.07, 6.45) is 8.47. The van der Waals surface area contributed by atoms with Gasteiger partial charge in [-0.2, -0.15) is 0 Å². The summed E-state index contributed by atoms with van der Waals surface area (Å²) in [5, 5.41) is 23.4. The van der Waals surface area contributed by atoms with Gasteiger partial charge in [-0.15, -0.1) is 0 Å². The number of rotatable bonds is 4. The molecule has 0 aromatic rings. The van der Waals surface area contributed by atoms with E-state index in [2.05, 4.69) is 41.5 Å². The Labute approximate surface area is 241 Å². The van der Waals surface area contributed by atoms with E-state index >= 15 is 0 Å². The smallest absolute Gasteiger partial charge is 0.308 e. The van der Waals surface area contributed by atoms with Crippen molar-refractivity contribution < 1.29 is 29.2 Å². The Morgan fingerprint density at radius 3 is 2.27 bits per heavy atom. The zero-order chi connectivity index (χ0) is 28.8. The largest absolute Gasteiger partial charge is 0.462 e. The van der Waals surface area contributed by atoms with Crippen LogP contribution < -0.4 is 0 Å². The minimum absolute atomic E-state index is 0.00534. The number of ether oxygens (including phenoxy) is 3. The van der Waals surface area contributed by atoms with Crippen LogP contribution >= 0.6 is 0 Å². The summed E-state index contributed by atoms with van der Waals surface area (Å²) in [5.41, 5.74) is 0.0853. The second-order valence-electron chi connectivity index (χ2n) is 17.3. The lowest BCUT2D eigenvalue weighted by Crippen LogP contribution is -2.66. The van der Waals surface area contributed by atoms with Crippen LogP contribution in [0.2, 0.25) is 0 Å². The van der Waals surface area contributed by atoms with E-state index in [1.807, 2.05) is 13.8 Å². The molecule has 2 N–H and O–H groups in total. The van der Waals surface area contributed by atoms with Gasteiger partial charge in [-0.1, -0.05) is 41.5 Å². The monoisotopic (exact) mass is 558 g/mol. The molecule has 2 saturated heterocycles. The molecule has 0 radical (unpaired) electrons. The summed E-state index contributed by atoms with van der Waals surface area (Å²) in [6.45, 7) is 17.6. The molecule has 7 rings (SSSR count). The van der Waals surface area contributed by atoms with Crippen LogP contribution in [0, 0.1) is 56.7 Å². The third-order valence-electron chi connectivity index (χ3n) is 14.9. The fraction of sp³-hybridized carbons (Fsp3) is 0.971. The number of esters is 1. The Bertz CT molecular complexity index is 1080. The van der Waals surface area contributed by atoms with Gasteiger partial charge in [0.1, 0.15) is 12.2 Å². The molecule has 7 fully saturated rings. The summed E-state index contributed by atoms with van der Waals surface area (Å²) in [4.78, 5) is 12.6. The number of carbonyl (C=O) groups excluding carboxylic acids is 1. The summed E-state index contributed by atoms with van der Waals surface area (Å²) < 4.78 is 18.2. The molecular weight excluding hydrogens is 504 g/mol. The number of epoxide rings is 1. The second-order valence-corrected chi connectivity index (χ2v) is 17.3. The fourth-order valence-electron chi connectivity index (χ4n) is 12.8. The first-order chi connectivity index (χ1) is 18.5. The standard InChI is InChI=1S/C34H54O6/c1-18(2)27(36)39-25-11-12-31(7)22-10-13-33-17-34(33,32(22,8)24(35)16-23(31)29(25,3)4)14-9-20(33)19-15-21(38-28(19)37)26-30(5,6)40-26/h18-26,28,35,37H,9-17H2,1-8H3/t19-,20+,21?,22-,23+,24-,25+,26?,28?,31-,32+,33-,34-/m1/s1. The Hall–Kier alpha value is -0.690. The van der Waals surface area contributed by atoms with Crippen molar-refractivity contribution >= 4 is 5.97 Å². The molecule has 6 heteroatoms. The van der Waals surface area contributed by atoms with E-state index in [-0.39, 0.29) is 74.9 Å². The minimum atomic E-state index is -0.700. The molecule has 13 atom stereocenters. The molecule has 7 aliphatic rings. The normalized spacial score (nSPS) is 57.0. The van der Waals surface area contributed by atoms with Crippen molar-refractivity contribution in [3.63, 3.8) is 0 Å². The number of fused-ring (bicyclic) bond motifs is 3. The van der Waals surface area contributed by atoms with Gasteiger partial charge in [0.2, 0.25) is 0 Å². The first-order valence-electron chi connectivity index (χ1n) is 16.4. The lowest BCUT2D eigenvalue weighted by molar-refractivity contribution is -0.246. The summed E-state index contributed by atoms with van der Waals surface area (Å²) in [7, 11) is 0. The SMILES string of the molecule is CC(C)C(=O)O[C@H]1CC[C@]2(C)[C@H]3CC[C@]45C[C@]4(CC[C@H]5[C@H]4CC(C5OC5(C)C)OC4O)[C@]3(C)[C@H](O)C[C@H]2C1(C)C. The maximum Gasteiger partial charge on any atom is 0.308 e. The number of hydrogen-bond donors (Lipinski definition) is 2. The molecule has 6 nitrogen and oxygen atoms in total. The van der Waals surface area contributed by atoms with E-state index in [0.29, 0.717) is 17.8 Å². The minimum Gasteiger partial charge on any atom is -0.462 e. The van der Waals surface area contributed by atoms with Crippen molar-refractivity contribution in [2.75, 3.05) is 0 Å². The molecule has 5 aliphatic carbocycles. The number of aliphatic hydroxyl groups is 2. The maximum atomic E-state index is 12.6. The molecule has 3 unspecified atom stereocenters. The van der Waals surface area contributed by atoms with E-state index in [0.717, 1.165) is 38.5 Å². The Balaban J connectivity index is 1.15. The lowest BCUT2D eigenvalue weighted by Gasteiger charge is -2.68. The first-order valence-corrected chi connectivity index (χ1v) is 16.4. The molecule has 0 spiro atoms. The van der Waals surface area contributed by atoms with E-state index in [1.54, 1.807) is 0 Å². The summed E-state index contributed by atoms with van der Waals surface area (Å²) in [6, 6.07) is 0. The van der Waals surface area contributed by atoms with Gasteiger partial charge < -0.3 is 24.4 Å². The average Bonchev–Trinajstić information content (AvgIpc) is 3.62. The van der Waals surface area contributed by atoms with Gasteiger partial charge in [0.25, 0.3) is 0 Å². The van der Waals surface area contributed by atoms with E-state index in [9.17, 15) is 15.0 Å². The topological polar surface area (TPSA) is 88.5 Å². The Morgan fingerprint density at radius 1 is 0.925 bits per heavy atom. The molecule has 0 bridgehead atoms. The van der Waals surface area contributed by atoms with Gasteiger partial charge in [0, 0.05) is 16.7 Å². The van der Waals surface area contributed by atoms with E-state index in [1.165, 1.54) is 19.3 Å². The van der Waals surface area contributed by atoms with Crippen LogP contribution in [0.15, 0.2) is 0 Å². The average molecular weight is 559 g/mol. The van der Waals surface area contributed by atoms with Gasteiger partial charge >= 0.3 is 5.97 Å². The van der Waals surface area contributed by atoms with Gasteiger partial charge in [-0.05, 0) is 106 Å². The van der Waals surface area contributed by atoms with Gasteiger partial charge in [-0.3, -0.25) is 4.79 Å². The van der Waals surface area contributed by atoms with Crippen molar-refractivity contribution in [2.24, 2.45) is 56.7 Å². The molecule has 5 saturated carbocycles. The van der Waals surface area contributed by atoms with Crippen molar-refractivity contribution in [3.05, 3.63) is 0 Å². The zero-order valence-electron chi connectivity index (χ0n) is 26.2. The van der Waals surface area contributed by atoms with Gasteiger partial charge in [-0.25, -0.2) is 0 Å². The van der Waals surface area contributed by atoms with Crippen LogP contribution in [0.3, 0.4) is 0 Å². The number of hydrogen-bond acceptors (Lipinski definition) is 6. The highest BCUT2D eigenvalue weighted by Gasteiger charge is 2.86. The third-order valence-corrected chi connectivity index (χ3v) is 14.9. The summed E-state index contributed by atoms with van der Waals surface area (Å²) >= 11 is 0. The predicted molar refractivity (Wildman–Crippen MR) is 151 cm³/mol.